The first-order valence-corrected chi connectivity index (χ1v) is 9.25. The highest BCUT2D eigenvalue weighted by molar-refractivity contribution is 5.87. The molecule has 5 rings (SSSR count). The minimum Gasteiger partial charge on any atom is -0.228 e. The van der Waals surface area contributed by atoms with Crippen molar-refractivity contribution in [3.63, 3.8) is 0 Å². The van der Waals surface area contributed by atoms with E-state index >= 15 is 0 Å². The first kappa shape index (κ1) is 17.8. The van der Waals surface area contributed by atoms with Gasteiger partial charge in [0, 0.05) is 17.0 Å². The van der Waals surface area contributed by atoms with E-state index in [1.807, 2.05) is 0 Å². The molecule has 0 bridgehead atoms. The van der Waals surface area contributed by atoms with Gasteiger partial charge in [0.2, 0.25) is 0 Å². The Kier molecular flexibility index (Phi) is 4.12. The summed E-state index contributed by atoms with van der Waals surface area (Å²) in [5.74, 6) is -0.702. The Labute approximate surface area is 163 Å². The van der Waals surface area contributed by atoms with E-state index in [-0.39, 0.29) is 17.1 Å². The van der Waals surface area contributed by atoms with E-state index in [0.717, 1.165) is 12.8 Å². The van der Waals surface area contributed by atoms with Crippen LogP contribution in [0.15, 0.2) is 54.6 Å². The molecule has 1 fully saturated rings. The molecule has 0 unspecified atom stereocenters. The van der Waals surface area contributed by atoms with Crippen LogP contribution in [0.25, 0.3) is 28.0 Å². The highest BCUT2D eigenvalue weighted by atomic mass is 19.3. The molecule has 0 radical (unpaired) electrons. The number of aromatic nitrogens is 3. The van der Waals surface area contributed by atoms with Crippen LogP contribution in [-0.2, 0) is 0 Å². The Morgan fingerprint density at radius 1 is 0.897 bits per heavy atom. The second-order valence-electron chi connectivity index (χ2n) is 7.15. The highest BCUT2D eigenvalue weighted by Gasteiger charge is 2.33. The van der Waals surface area contributed by atoms with Crippen molar-refractivity contribution in [1.29, 1.82) is 0 Å². The lowest BCUT2D eigenvalue weighted by Crippen LogP contribution is -2.00. The van der Waals surface area contributed by atoms with Crippen LogP contribution in [0.5, 0.6) is 0 Å². The Bertz CT molecular complexity index is 1190. The maximum atomic E-state index is 14.0. The number of pyridine rings is 1. The molecule has 2 heterocycles. The largest absolute Gasteiger partial charge is 0.264 e. The summed E-state index contributed by atoms with van der Waals surface area (Å²) in [7, 11) is 0. The second-order valence-corrected chi connectivity index (χ2v) is 7.15. The summed E-state index contributed by atoms with van der Waals surface area (Å²) in [6.07, 6.45) is -0.946. The number of fused-ring (bicyclic) bond motifs is 1. The predicted molar refractivity (Wildman–Crippen MR) is 101 cm³/mol. The summed E-state index contributed by atoms with van der Waals surface area (Å²) in [6.45, 7) is 0. The van der Waals surface area contributed by atoms with Gasteiger partial charge >= 0.3 is 0 Å². The molecule has 0 saturated heterocycles. The minimum atomic E-state index is -2.72. The molecule has 2 aromatic heterocycles. The van der Waals surface area contributed by atoms with E-state index in [1.54, 1.807) is 0 Å². The number of benzene rings is 2. The maximum Gasteiger partial charge on any atom is 0.264 e. The highest BCUT2D eigenvalue weighted by Crippen LogP contribution is 2.45. The van der Waals surface area contributed by atoms with Gasteiger partial charge in [-0.25, -0.2) is 27.2 Å². The van der Waals surface area contributed by atoms with Gasteiger partial charge in [-0.3, -0.25) is 0 Å². The van der Waals surface area contributed by atoms with Gasteiger partial charge < -0.3 is 0 Å². The van der Waals surface area contributed by atoms with Crippen LogP contribution in [0.2, 0.25) is 0 Å². The summed E-state index contributed by atoms with van der Waals surface area (Å²) in [4.78, 5) is 4.60. The monoisotopic (exact) mass is 397 g/mol. The molecule has 1 saturated carbocycles. The Morgan fingerprint density at radius 2 is 1.52 bits per heavy atom. The van der Waals surface area contributed by atoms with E-state index in [1.165, 1.54) is 59.3 Å². The molecule has 4 aromatic rings. The zero-order valence-corrected chi connectivity index (χ0v) is 15.1. The van der Waals surface area contributed by atoms with Crippen LogP contribution >= 0.6 is 0 Å². The number of rotatable bonds is 4. The lowest BCUT2D eigenvalue weighted by atomic mass is 10.0. The second kappa shape index (κ2) is 6.69. The number of hydrogen-bond acceptors (Lipinski definition) is 2. The molecule has 3 nitrogen and oxygen atoms in total. The Hall–Kier alpha value is -3.22. The van der Waals surface area contributed by atoms with Crippen LogP contribution in [0.1, 0.15) is 36.4 Å². The molecule has 0 spiro atoms. The van der Waals surface area contributed by atoms with Gasteiger partial charge in [-0.05, 0) is 67.4 Å². The fourth-order valence-corrected chi connectivity index (χ4v) is 3.52. The maximum absolute atomic E-state index is 14.0. The lowest BCUT2D eigenvalue weighted by molar-refractivity contribution is 0.153. The fourth-order valence-electron chi connectivity index (χ4n) is 3.52. The summed E-state index contributed by atoms with van der Waals surface area (Å²) in [6, 6.07) is 12.5. The standard InChI is InChI=1S/C22H15F4N3/c23-14-5-3-12(4-6-14)18-11-17(21(25)26)19-20(13-1-2-13)28-29(22(19)27-18)16-9-7-15(24)8-10-16/h3-11,13,21H,1-2H2. The van der Waals surface area contributed by atoms with Crippen LogP contribution in [0.4, 0.5) is 17.6 Å². The van der Waals surface area contributed by atoms with Gasteiger partial charge in [-0.1, -0.05) is 0 Å². The average molecular weight is 397 g/mol. The van der Waals surface area contributed by atoms with Crippen molar-refractivity contribution >= 4 is 11.0 Å². The van der Waals surface area contributed by atoms with E-state index < -0.39 is 18.1 Å². The molecule has 1 aliphatic carbocycles. The van der Waals surface area contributed by atoms with Crippen molar-refractivity contribution in [1.82, 2.24) is 14.8 Å². The smallest absolute Gasteiger partial charge is 0.228 e. The SMILES string of the molecule is Fc1ccc(-c2cc(C(F)F)c3c(C4CC4)nn(-c4ccc(F)cc4)c3n2)cc1. The van der Waals surface area contributed by atoms with Gasteiger partial charge in [0.05, 0.1) is 22.5 Å². The molecular formula is C22H15F4N3. The quantitative estimate of drug-likeness (QED) is 0.385. The molecule has 0 atom stereocenters. The third kappa shape index (κ3) is 3.16. The zero-order chi connectivity index (χ0) is 20.1. The minimum absolute atomic E-state index is 0.121. The summed E-state index contributed by atoms with van der Waals surface area (Å²) >= 11 is 0. The third-order valence-corrected chi connectivity index (χ3v) is 5.11. The molecule has 2 aromatic carbocycles. The van der Waals surface area contributed by atoms with E-state index in [4.69, 9.17) is 0 Å². The molecule has 0 aliphatic heterocycles. The fraction of sp³-hybridized carbons (Fsp3) is 0.182. The molecule has 0 N–H and O–H groups in total. The summed E-state index contributed by atoms with van der Waals surface area (Å²) in [5.41, 5.74) is 2.10. The average Bonchev–Trinajstić information content (AvgIpc) is 3.49. The van der Waals surface area contributed by atoms with Gasteiger partial charge in [0.25, 0.3) is 6.43 Å². The number of hydrogen-bond donors (Lipinski definition) is 0. The molecule has 1 aliphatic rings. The topological polar surface area (TPSA) is 30.7 Å². The normalized spacial score (nSPS) is 14.1. The third-order valence-electron chi connectivity index (χ3n) is 5.11. The molecular weight excluding hydrogens is 382 g/mol. The summed E-state index contributed by atoms with van der Waals surface area (Å²) in [5, 5.41) is 4.93. The first-order chi connectivity index (χ1) is 14.0. The number of alkyl halides is 2. The van der Waals surface area contributed by atoms with E-state index in [9.17, 15) is 17.6 Å². The van der Waals surface area contributed by atoms with Gasteiger partial charge in [0.15, 0.2) is 5.65 Å². The molecule has 0 amide bonds. The van der Waals surface area contributed by atoms with Crippen molar-refractivity contribution in [3.05, 3.63) is 77.5 Å². The van der Waals surface area contributed by atoms with Crippen molar-refractivity contribution in [2.75, 3.05) is 0 Å². The van der Waals surface area contributed by atoms with Gasteiger partial charge in [0.1, 0.15) is 11.6 Å². The summed E-state index contributed by atoms with van der Waals surface area (Å²) < 4.78 is 56.2. The number of nitrogens with zero attached hydrogens (tertiary/aromatic N) is 3. The van der Waals surface area contributed by atoms with Gasteiger partial charge in [-0.15, -0.1) is 0 Å². The van der Waals surface area contributed by atoms with Crippen LogP contribution in [0, 0.1) is 11.6 Å². The molecule has 7 heteroatoms. The Balaban J connectivity index is 1.80. The molecule has 29 heavy (non-hydrogen) atoms. The van der Waals surface area contributed by atoms with Crippen LogP contribution in [0.3, 0.4) is 0 Å². The van der Waals surface area contributed by atoms with E-state index in [2.05, 4.69) is 10.1 Å². The first-order valence-electron chi connectivity index (χ1n) is 9.25. The molecule has 146 valence electrons. The van der Waals surface area contributed by atoms with E-state index in [0.29, 0.717) is 28.0 Å². The number of halogens is 4. The van der Waals surface area contributed by atoms with Crippen molar-refractivity contribution in [2.45, 2.75) is 25.2 Å². The van der Waals surface area contributed by atoms with Crippen molar-refractivity contribution < 1.29 is 17.6 Å². The van der Waals surface area contributed by atoms with Gasteiger partial charge in [-0.2, -0.15) is 5.10 Å². The van der Waals surface area contributed by atoms with Crippen LogP contribution in [-0.4, -0.2) is 14.8 Å². The van der Waals surface area contributed by atoms with Crippen LogP contribution < -0.4 is 0 Å². The van der Waals surface area contributed by atoms with Crippen molar-refractivity contribution in [3.8, 4) is 16.9 Å². The zero-order valence-electron chi connectivity index (χ0n) is 15.1. The Morgan fingerprint density at radius 3 is 2.10 bits per heavy atom. The van der Waals surface area contributed by atoms with Crippen molar-refractivity contribution in [2.24, 2.45) is 0 Å². The predicted octanol–water partition coefficient (Wildman–Crippen LogP) is 6.18. The lowest BCUT2D eigenvalue weighted by Gasteiger charge is -2.09.